The molecule has 2 N–H and O–H groups in total. The summed E-state index contributed by atoms with van der Waals surface area (Å²) >= 11 is 0. The number of carbonyl (C=O) groups is 1. The van der Waals surface area contributed by atoms with Crippen LogP contribution < -0.4 is 5.32 Å². The number of carboxylic acids is 1. The molecule has 3 nitrogen and oxygen atoms in total. The molecule has 0 aromatic rings. The summed E-state index contributed by atoms with van der Waals surface area (Å²) in [5.41, 5.74) is 0. The molecule has 0 saturated carbocycles. The Balaban J connectivity index is 2.11. The van der Waals surface area contributed by atoms with Crippen molar-refractivity contribution in [2.45, 2.75) is 38.6 Å². The van der Waals surface area contributed by atoms with Crippen LogP contribution in [0.1, 0.15) is 32.6 Å². The number of nitrogens with one attached hydrogen (secondary N) is 1. The molecule has 70 valence electrons. The second-order valence-corrected chi connectivity index (χ2v) is 3.61. The second kappa shape index (κ2) is 4.45. The first-order valence-corrected chi connectivity index (χ1v) is 4.66. The molecule has 2 atom stereocenters. The van der Waals surface area contributed by atoms with Crippen molar-refractivity contribution >= 4 is 5.97 Å². The Bertz CT molecular complexity index is 153. The summed E-state index contributed by atoms with van der Waals surface area (Å²) in [6.07, 6.45) is 4.26. The SMILES string of the molecule is CC(CCC1CCCN1)C(=O)O. The van der Waals surface area contributed by atoms with E-state index in [1.807, 2.05) is 0 Å². The summed E-state index contributed by atoms with van der Waals surface area (Å²) < 4.78 is 0. The van der Waals surface area contributed by atoms with Gasteiger partial charge in [0.25, 0.3) is 0 Å². The average molecular weight is 171 g/mol. The van der Waals surface area contributed by atoms with Crippen LogP contribution in [0.2, 0.25) is 0 Å². The van der Waals surface area contributed by atoms with Crippen molar-refractivity contribution in [2.75, 3.05) is 6.54 Å². The van der Waals surface area contributed by atoms with E-state index < -0.39 is 5.97 Å². The molecule has 0 aromatic heterocycles. The zero-order valence-corrected chi connectivity index (χ0v) is 7.55. The fraction of sp³-hybridized carbons (Fsp3) is 0.889. The molecule has 1 rings (SSSR count). The third-order valence-corrected chi connectivity index (χ3v) is 2.53. The predicted octanol–water partition coefficient (Wildman–Crippen LogP) is 1.24. The van der Waals surface area contributed by atoms with Gasteiger partial charge in [-0.25, -0.2) is 0 Å². The number of carboxylic acid groups (broad SMARTS) is 1. The highest BCUT2D eigenvalue weighted by atomic mass is 16.4. The first-order chi connectivity index (χ1) is 5.70. The summed E-state index contributed by atoms with van der Waals surface area (Å²) in [7, 11) is 0. The fourth-order valence-electron chi connectivity index (χ4n) is 1.58. The van der Waals surface area contributed by atoms with Crippen molar-refractivity contribution in [2.24, 2.45) is 5.92 Å². The van der Waals surface area contributed by atoms with E-state index in [0.717, 1.165) is 19.4 Å². The summed E-state index contributed by atoms with van der Waals surface area (Å²) in [4.78, 5) is 10.5. The van der Waals surface area contributed by atoms with Gasteiger partial charge in [-0.1, -0.05) is 6.92 Å². The largest absolute Gasteiger partial charge is 0.481 e. The van der Waals surface area contributed by atoms with Crippen LogP contribution in [0.3, 0.4) is 0 Å². The number of hydrogen-bond acceptors (Lipinski definition) is 2. The Morgan fingerprint density at radius 1 is 1.75 bits per heavy atom. The topological polar surface area (TPSA) is 49.3 Å². The van der Waals surface area contributed by atoms with Crippen molar-refractivity contribution in [1.29, 1.82) is 0 Å². The highest BCUT2D eigenvalue weighted by molar-refractivity contribution is 5.69. The lowest BCUT2D eigenvalue weighted by molar-refractivity contribution is -0.141. The first kappa shape index (κ1) is 9.52. The van der Waals surface area contributed by atoms with E-state index in [-0.39, 0.29) is 5.92 Å². The summed E-state index contributed by atoms with van der Waals surface area (Å²) in [6, 6.07) is 0.576. The van der Waals surface area contributed by atoms with E-state index in [4.69, 9.17) is 5.11 Å². The van der Waals surface area contributed by atoms with Crippen LogP contribution in [0.25, 0.3) is 0 Å². The minimum atomic E-state index is -0.673. The van der Waals surface area contributed by atoms with Gasteiger partial charge >= 0.3 is 5.97 Å². The third-order valence-electron chi connectivity index (χ3n) is 2.53. The van der Waals surface area contributed by atoms with Crippen LogP contribution >= 0.6 is 0 Å². The minimum Gasteiger partial charge on any atom is -0.481 e. The Hall–Kier alpha value is -0.570. The summed E-state index contributed by atoms with van der Waals surface area (Å²) in [6.45, 7) is 2.88. The lowest BCUT2D eigenvalue weighted by atomic mass is 10.0. The van der Waals surface area contributed by atoms with Crippen molar-refractivity contribution in [3.63, 3.8) is 0 Å². The normalized spacial score (nSPS) is 25.6. The molecular formula is C9H17NO2. The van der Waals surface area contributed by atoms with Crippen LogP contribution in [-0.2, 0) is 4.79 Å². The molecule has 0 radical (unpaired) electrons. The van der Waals surface area contributed by atoms with Crippen LogP contribution in [-0.4, -0.2) is 23.7 Å². The van der Waals surface area contributed by atoms with E-state index in [1.165, 1.54) is 12.8 Å². The molecule has 1 heterocycles. The molecular weight excluding hydrogens is 154 g/mol. The molecule has 1 saturated heterocycles. The van der Waals surface area contributed by atoms with Gasteiger partial charge in [-0.05, 0) is 32.2 Å². The van der Waals surface area contributed by atoms with E-state index in [2.05, 4.69) is 5.32 Å². The maximum atomic E-state index is 10.5. The van der Waals surface area contributed by atoms with Gasteiger partial charge in [0.15, 0.2) is 0 Å². The van der Waals surface area contributed by atoms with Crippen molar-refractivity contribution in [1.82, 2.24) is 5.32 Å². The molecule has 2 unspecified atom stereocenters. The number of aliphatic carboxylic acids is 1. The zero-order chi connectivity index (χ0) is 8.97. The monoisotopic (exact) mass is 171 g/mol. The Kier molecular flexibility index (Phi) is 3.53. The van der Waals surface area contributed by atoms with Gasteiger partial charge in [0.05, 0.1) is 5.92 Å². The van der Waals surface area contributed by atoms with Gasteiger partial charge < -0.3 is 10.4 Å². The van der Waals surface area contributed by atoms with Gasteiger partial charge in [-0.2, -0.15) is 0 Å². The Morgan fingerprint density at radius 2 is 2.50 bits per heavy atom. The highest BCUT2D eigenvalue weighted by Gasteiger charge is 2.17. The lowest BCUT2D eigenvalue weighted by Gasteiger charge is -2.11. The Morgan fingerprint density at radius 3 is 3.00 bits per heavy atom. The molecule has 0 aliphatic carbocycles. The molecule has 12 heavy (non-hydrogen) atoms. The lowest BCUT2D eigenvalue weighted by Crippen LogP contribution is -2.23. The standard InChI is InChI=1S/C9H17NO2/c1-7(9(11)12)4-5-8-3-2-6-10-8/h7-8,10H,2-6H2,1H3,(H,11,12). The molecule has 0 bridgehead atoms. The molecule has 1 fully saturated rings. The summed E-state index contributed by atoms with van der Waals surface area (Å²) in [5, 5.41) is 12.0. The minimum absolute atomic E-state index is 0.188. The van der Waals surface area contributed by atoms with Crippen LogP contribution in [0, 0.1) is 5.92 Å². The van der Waals surface area contributed by atoms with Gasteiger partial charge in [0.2, 0.25) is 0 Å². The first-order valence-electron chi connectivity index (χ1n) is 4.66. The van der Waals surface area contributed by atoms with E-state index in [9.17, 15) is 4.79 Å². The zero-order valence-electron chi connectivity index (χ0n) is 7.55. The molecule has 3 heteroatoms. The number of rotatable bonds is 4. The van der Waals surface area contributed by atoms with Crippen LogP contribution in [0.5, 0.6) is 0 Å². The van der Waals surface area contributed by atoms with E-state index in [0.29, 0.717) is 6.04 Å². The van der Waals surface area contributed by atoms with E-state index >= 15 is 0 Å². The van der Waals surface area contributed by atoms with E-state index in [1.54, 1.807) is 6.92 Å². The van der Waals surface area contributed by atoms with Crippen molar-refractivity contribution in [3.8, 4) is 0 Å². The predicted molar refractivity (Wildman–Crippen MR) is 47.1 cm³/mol. The van der Waals surface area contributed by atoms with Crippen molar-refractivity contribution in [3.05, 3.63) is 0 Å². The maximum absolute atomic E-state index is 10.5. The van der Waals surface area contributed by atoms with Gasteiger partial charge in [0.1, 0.15) is 0 Å². The van der Waals surface area contributed by atoms with Gasteiger partial charge in [-0.3, -0.25) is 4.79 Å². The molecule has 0 spiro atoms. The quantitative estimate of drug-likeness (QED) is 0.669. The molecule has 0 aromatic carbocycles. The van der Waals surface area contributed by atoms with Gasteiger partial charge in [-0.15, -0.1) is 0 Å². The number of hydrogen-bond donors (Lipinski definition) is 2. The highest BCUT2D eigenvalue weighted by Crippen LogP contribution is 2.14. The van der Waals surface area contributed by atoms with Crippen LogP contribution in [0.4, 0.5) is 0 Å². The Labute approximate surface area is 73.2 Å². The average Bonchev–Trinajstić information content (AvgIpc) is 2.51. The third kappa shape index (κ3) is 2.81. The fourth-order valence-corrected chi connectivity index (χ4v) is 1.58. The smallest absolute Gasteiger partial charge is 0.306 e. The molecule has 0 amide bonds. The van der Waals surface area contributed by atoms with Gasteiger partial charge in [0, 0.05) is 6.04 Å². The summed E-state index contributed by atoms with van der Waals surface area (Å²) in [5.74, 6) is -0.861. The second-order valence-electron chi connectivity index (χ2n) is 3.61. The van der Waals surface area contributed by atoms with Crippen LogP contribution in [0.15, 0.2) is 0 Å². The maximum Gasteiger partial charge on any atom is 0.306 e. The molecule has 1 aliphatic rings. The molecule has 1 aliphatic heterocycles. The van der Waals surface area contributed by atoms with Crippen molar-refractivity contribution < 1.29 is 9.90 Å².